The fourth-order valence-corrected chi connectivity index (χ4v) is 24.0. The van der Waals surface area contributed by atoms with Gasteiger partial charge in [0.05, 0.1) is 6.10 Å². The highest BCUT2D eigenvalue weighted by Crippen LogP contribution is 2.60. The number of carbonyl (C=O) groups is 2. The maximum atomic E-state index is 14.3. The van der Waals surface area contributed by atoms with Crippen LogP contribution in [-0.4, -0.2) is 89.7 Å². The summed E-state index contributed by atoms with van der Waals surface area (Å²) in [5, 5.41) is 0. The largest absolute Gasteiger partial charge is 0.508 e. The normalized spacial score (nSPS) is 42.2. The fraction of sp³-hybridized carbons (Fsp3) is 0.975. The molecule has 11 saturated carbocycles. The van der Waals surface area contributed by atoms with E-state index >= 15 is 0 Å². The van der Waals surface area contributed by atoms with Crippen LogP contribution in [0.4, 0.5) is 4.79 Å². The monoisotopic (exact) mass is 1240 g/mol. The van der Waals surface area contributed by atoms with Gasteiger partial charge in [-0.1, -0.05) is 73.6 Å². The van der Waals surface area contributed by atoms with Crippen molar-refractivity contribution >= 4 is 12.1 Å². The van der Waals surface area contributed by atoms with Crippen molar-refractivity contribution in [2.24, 2.45) is 81.8 Å². The molecule has 0 amide bonds. The van der Waals surface area contributed by atoms with Gasteiger partial charge in [-0.05, 0) is 352 Å². The number of ether oxygens (including phenoxy) is 4. The molecule has 0 bridgehead atoms. The molecule has 89 heavy (non-hydrogen) atoms. The summed E-state index contributed by atoms with van der Waals surface area (Å²) in [6, 6.07) is 4.93. The molecule has 8 nitrogen and oxygen atoms in total. The van der Waals surface area contributed by atoms with E-state index < -0.39 is 0 Å². The third kappa shape index (κ3) is 17.8. The van der Waals surface area contributed by atoms with Crippen molar-refractivity contribution in [2.75, 3.05) is 7.11 Å². The molecule has 510 valence electrons. The molecule has 0 aromatic carbocycles. The average molecular weight is 1240 g/mol. The van der Waals surface area contributed by atoms with E-state index in [1.165, 1.54) is 244 Å². The van der Waals surface area contributed by atoms with E-state index in [2.05, 4.69) is 58.5 Å². The fourth-order valence-electron chi connectivity index (χ4n) is 24.0. The van der Waals surface area contributed by atoms with Crippen LogP contribution < -0.4 is 0 Å². The van der Waals surface area contributed by atoms with Gasteiger partial charge in [0, 0.05) is 50.3 Å². The summed E-state index contributed by atoms with van der Waals surface area (Å²) in [5.41, 5.74) is 0.638. The molecule has 0 spiro atoms. The SMILES string of the molecule is COC1CCC(C2(C3CCC(OC(=O)OC4CCC(C(C)(C)C5CCC(OC(C)=O)CC5)CC4)C(CCC4CCC(N(C5CCC(C)CC5)C5CCC(C)CC5)CC4)C3)CCCCC2)CC1CCC1CCC(N(C2CCC(C)CC2)C2CCC(C)CC2)CC1. The minimum Gasteiger partial charge on any atom is -0.463 e. The Kier molecular flexibility index (Phi) is 25.2. The summed E-state index contributed by atoms with van der Waals surface area (Å²) in [5.74, 6) is 9.11. The van der Waals surface area contributed by atoms with Crippen LogP contribution in [0.5, 0.6) is 0 Å². The molecule has 0 heterocycles. The smallest absolute Gasteiger partial charge is 0.463 e. The Morgan fingerprint density at radius 3 is 1.11 bits per heavy atom. The second kappa shape index (κ2) is 32.6. The molecule has 8 heteroatoms. The summed E-state index contributed by atoms with van der Waals surface area (Å²) >= 11 is 0. The Morgan fingerprint density at radius 1 is 0.393 bits per heavy atom. The maximum Gasteiger partial charge on any atom is 0.508 e. The van der Waals surface area contributed by atoms with Gasteiger partial charge in [0.2, 0.25) is 0 Å². The van der Waals surface area contributed by atoms with E-state index in [1.54, 1.807) is 6.92 Å². The Labute approximate surface area is 547 Å². The zero-order chi connectivity index (χ0) is 62.1. The second-order valence-corrected chi connectivity index (χ2v) is 35.6. The highest BCUT2D eigenvalue weighted by Gasteiger charge is 2.52. The third-order valence-electron chi connectivity index (χ3n) is 29.8. The molecular weight excluding hydrogens is 1100 g/mol. The number of hydrogen-bond donors (Lipinski definition) is 0. The lowest BCUT2D eigenvalue weighted by atomic mass is 9.51. The molecule has 0 aromatic rings. The Balaban J connectivity index is 0.728. The average Bonchev–Trinajstić information content (AvgIpc) is 0.962. The summed E-state index contributed by atoms with van der Waals surface area (Å²) in [6.45, 7) is 16.6. The first-order valence-electron chi connectivity index (χ1n) is 40.2. The predicted molar refractivity (Wildman–Crippen MR) is 366 cm³/mol. The number of esters is 1. The molecule has 0 aliphatic heterocycles. The molecule has 11 rings (SSSR count). The number of carbonyl (C=O) groups excluding carboxylic acids is 2. The van der Waals surface area contributed by atoms with Gasteiger partial charge in [0.25, 0.3) is 0 Å². The number of hydrogen-bond acceptors (Lipinski definition) is 8. The number of methoxy groups -OCH3 is 1. The van der Waals surface area contributed by atoms with Crippen molar-refractivity contribution in [3.05, 3.63) is 0 Å². The molecule has 6 unspecified atom stereocenters. The quantitative estimate of drug-likeness (QED) is 0.112. The van der Waals surface area contributed by atoms with Gasteiger partial charge in [-0.2, -0.15) is 0 Å². The van der Waals surface area contributed by atoms with Crippen LogP contribution in [0.1, 0.15) is 350 Å². The Bertz CT molecular complexity index is 2030. The molecular formula is C81H140N2O6. The molecule has 11 aliphatic rings. The van der Waals surface area contributed by atoms with Crippen LogP contribution in [0.2, 0.25) is 0 Å². The predicted octanol–water partition coefficient (Wildman–Crippen LogP) is 21.6. The van der Waals surface area contributed by atoms with E-state index in [0.29, 0.717) is 35.2 Å². The van der Waals surface area contributed by atoms with E-state index in [-0.39, 0.29) is 35.9 Å². The molecule has 0 saturated heterocycles. The van der Waals surface area contributed by atoms with Crippen LogP contribution >= 0.6 is 0 Å². The molecule has 6 atom stereocenters. The van der Waals surface area contributed by atoms with Crippen molar-refractivity contribution in [3.63, 3.8) is 0 Å². The second-order valence-electron chi connectivity index (χ2n) is 35.6. The van der Waals surface area contributed by atoms with Crippen LogP contribution in [0.15, 0.2) is 0 Å². The molecule has 11 aliphatic carbocycles. The standard InChI is InChI=1S/C81H140N2O6/c1-56-12-34-69(35-13-56)82(70-36-14-57(2)15-37-70)73-42-22-61(23-43-73)20-26-63-54-67(32-50-77(63)86-8)81(52-10-9-11-53-81)68-33-51-78(89-79(85)88-76-48-30-66(31-49-76)80(6,7)65-28-46-75(47-29-65)87-60(5)84)64(55-68)27-21-62-24-44-74(45-25-62)83(71-38-16-58(3)17-39-71)72-40-18-59(4)19-41-72/h56-59,61-78H,9-55H2,1-8H3. The third-order valence-corrected chi connectivity index (χ3v) is 29.8. The Morgan fingerprint density at radius 2 is 0.742 bits per heavy atom. The highest BCUT2D eigenvalue weighted by atomic mass is 16.7. The zero-order valence-electron chi connectivity index (χ0n) is 59.3. The van der Waals surface area contributed by atoms with E-state index in [9.17, 15) is 9.59 Å². The number of nitrogens with zero attached hydrogens (tertiary/aromatic N) is 2. The van der Waals surface area contributed by atoms with Crippen LogP contribution in [-0.2, 0) is 23.7 Å². The summed E-state index contributed by atoms with van der Waals surface area (Å²) in [7, 11) is 2.05. The highest BCUT2D eigenvalue weighted by molar-refractivity contribution is 5.66. The van der Waals surface area contributed by atoms with Crippen molar-refractivity contribution in [2.45, 2.75) is 411 Å². The molecule has 0 aromatic heterocycles. The van der Waals surface area contributed by atoms with E-state index in [0.717, 1.165) is 141 Å². The van der Waals surface area contributed by atoms with Gasteiger partial charge in [0.1, 0.15) is 18.3 Å². The maximum absolute atomic E-state index is 14.3. The van der Waals surface area contributed by atoms with Crippen molar-refractivity contribution < 1.29 is 28.5 Å². The topological polar surface area (TPSA) is 77.5 Å². The first-order chi connectivity index (χ1) is 43.1. The van der Waals surface area contributed by atoms with Crippen molar-refractivity contribution in [3.8, 4) is 0 Å². The van der Waals surface area contributed by atoms with Crippen LogP contribution in [0.3, 0.4) is 0 Å². The van der Waals surface area contributed by atoms with Gasteiger partial charge in [0.15, 0.2) is 0 Å². The summed E-state index contributed by atoms with van der Waals surface area (Å²) in [6.07, 6.45) is 62.6. The van der Waals surface area contributed by atoms with Gasteiger partial charge < -0.3 is 18.9 Å². The number of rotatable bonds is 20. The minimum atomic E-state index is -0.364. The lowest BCUT2D eigenvalue weighted by Crippen LogP contribution is -2.52. The first kappa shape index (κ1) is 69.0. The lowest BCUT2D eigenvalue weighted by Gasteiger charge is -2.55. The summed E-state index contributed by atoms with van der Waals surface area (Å²) < 4.78 is 25.4. The lowest BCUT2D eigenvalue weighted by molar-refractivity contribution is -0.148. The summed E-state index contributed by atoms with van der Waals surface area (Å²) in [4.78, 5) is 32.4. The van der Waals surface area contributed by atoms with E-state index in [1.807, 2.05) is 0 Å². The zero-order valence-corrected chi connectivity index (χ0v) is 59.3. The minimum absolute atomic E-state index is 0.0251. The van der Waals surface area contributed by atoms with Gasteiger partial charge >= 0.3 is 12.1 Å². The van der Waals surface area contributed by atoms with Crippen molar-refractivity contribution in [1.82, 2.24) is 9.80 Å². The van der Waals surface area contributed by atoms with Gasteiger partial charge in [-0.15, -0.1) is 0 Å². The Hall–Kier alpha value is -1.38. The van der Waals surface area contributed by atoms with E-state index in [4.69, 9.17) is 18.9 Å². The van der Waals surface area contributed by atoms with Crippen LogP contribution in [0, 0.1) is 81.8 Å². The van der Waals surface area contributed by atoms with Crippen LogP contribution in [0.25, 0.3) is 0 Å². The molecule has 11 fully saturated rings. The van der Waals surface area contributed by atoms with Gasteiger partial charge in [-0.3, -0.25) is 14.6 Å². The van der Waals surface area contributed by atoms with Gasteiger partial charge in [-0.25, -0.2) is 4.79 Å². The first-order valence-corrected chi connectivity index (χ1v) is 40.2. The molecule has 0 N–H and O–H groups in total. The molecule has 0 radical (unpaired) electrons. The van der Waals surface area contributed by atoms with Crippen molar-refractivity contribution in [1.29, 1.82) is 0 Å².